The van der Waals surface area contributed by atoms with Gasteiger partial charge in [-0.05, 0) is 31.5 Å². The molecule has 2 aromatic rings. The van der Waals surface area contributed by atoms with Crippen LogP contribution in [0.25, 0.3) is 11.0 Å². The number of rotatable bonds is 4. The normalized spacial score (nSPS) is 10.6. The van der Waals surface area contributed by atoms with Crippen molar-refractivity contribution < 1.29 is 19.1 Å². The van der Waals surface area contributed by atoms with E-state index >= 15 is 0 Å². The zero-order valence-corrected chi connectivity index (χ0v) is 10.7. The van der Waals surface area contributed by atoms with Gasteiger partial charge in [-0.2, -0.15) is 0 Å². The second-order valence-electron chi connectivity index (χ2n) is 4.15. The Morgan fingerprint density at radius 1 is 1.42 bits per heavy atom. The first kappa shape index (κ1) is 13.1. The van der Waals surface area contributed by atoms with E-state index in [0.29, 0.717) is 23.5 Å². The summed E-state index contributed by atoms with van der Waals surface area (Å²) in [5.74, 6) is -0.441. The molecule has 1 aromatic carbocycles. The van der Waals surface area contributed by atoms with Crippen LogP contribution in [-0.4, -0.2) is 17.7 Å². The van der Waals surface area contributed by atoms with Gasteiger partial charge in [0.2, 0.25) is 0 Å². The number of benzene rings is 1. The van der Waals surface area contributed by atoms with Crippen LogP contribution < -0.4 is 10.4 Å². The number of carboxylic acids is 1. The fourth-order valence-electron chi connectivity index (χ4n) is 1.99. The van der Waals surface area contributed by atoms with E-state index in [4.69, 9.17) is 14.3 Å². The van der Waals surface area contributed by atoms with E-state index in [0.717, 1.165) is 5.39 Å². The molecule has 2 rings (SSSR count). The molecule has 0 radical (unpaired) electrons. The first-order chi connectivity index (χ1) is 9.02. The van der Waals surface area contributed by atoms with Crippen molar-refractivity contribution in [2.24, 2.45) is 0 Å². The Bertz CT molecular complexity index is 684. The Morgan fingerprint density at radius 2 is 2.16 bits per heavy atom. The summed E-state index contributed by atoms with van der Waals surface area (Å²) in [4.78, 5) is 22.5. The van der Waals surface area contributed by atoms with E-state index in [1.807, 2.05) is 6.92 Å². The molecule has 1 N–H and O–H groups in total. The third kappa shape index (κ3) is 2.59. The van der Waals surface area contributed by atoms with Crippen molar-refractivity contribution >= 4 is 16.9 Å². The van der Waals surface area contributed by atoms with Crippen LogP contribution in [0, 0.1) is 6.92 Å². The molecule has 0 saturated heterocycles. The number of hydrogen-bond acceptors (Lipinski definition) is 4. The average molecular weight is 262 g/mol. The minimum atomic E-state index is -1.05. The molecule has 0 spiro atoms. The van der Waals surface area contributed by atoms with Gasteiger partial charge < -0.3 is 14.3 Å². The predicted octanol–water partition coefficient (Wildman–Crippen LogP) is 2.13. The zero-order chi connectivity index (χ0) is 14.0. The minimum Gasteiger partial charge on any atom is -0.494 e. The maximum atomic E-state index is 11.8. The Hall–Kier alpha value is -2.30. The molecule has 100 valence electrons. The van der Waals surface area contributed by atoms with Crippen LogP contribution in [-0.2, 0) is 11.2 Å². The molecule has 0 saturated carbocycles. The van der Waals surface area contributed by atoms with Gasteiger partial charge in [0.15, 0.2) is 0 Å². The molecule has 0 unspecified atom stereocenters. The van der Waals surface area contributed by atoms with E-state index in [1.165, 1.54) is 0 Å². The molecule has 1 aromatic heterocycles. The Balaban J connectivity index is 2.62. The molecule has 5 nitrogen and oxygen atoms in total. The fourth-order valence-corrected chi connectivity index (χ4v) is 1.99. The smallest absolute Gasteiger partial charge is 0.340 e. The molecule has 1 heterocycles. The van der Waals surface area contributed by atoms with Crippen molar-refractivity contribution in [1.82, 2.24) is 0 Å². The lowest BCUT2D eigenvalue weighted by Crippen LogP contribution is -2.14. The Kier molecular flexibility index (Phi) is 3.55. The lowest BCUT2D eigenvalue weighted by atomic mass is 10.0. The minimum absolute atomic E-state index is 0.184. The molecular formula is C14H14O5. The number of fused-ring (bicyclic) bond motifs is 1. The Labute approximate surface area is 109 Å². The van der Waals surface area contributed by atoms with Gasteiger partial charge in [-0.1, -0.05) is 0 Å². The number of carbonyl (C=O) groups is 1. The molecule has 0 atom stereocenters. The summed E-state index contributed by atoms with van der Waals surface area (Å²) in [7, 11) is 0. The summed E-state index contributed by atoms with van der Waals surface area (Å²) < 4.78 is 10.5. The van der Waals surface area contributed by atoms with Crippen molar-refractivity contribution in [3.8, 4) is 5.75 Å². The van der Waals surface area contributed by atoms with Gasteiger partial charge in [-0.15, -0.1) is 0 Å². The predicted molar refractivity (Wildman–Crippen MR) is 69.7 cm³/mol. The number of hydrogen-bond donors (Lipinski definition) is 1. The van der Waals surface area contributed by atoms with Gasteiger partial charge in [0.1, 0.15) is 11.3 Å². The van der Waals surface area contributed by atoms with Crippen LogP contribution >= 0.6 is 0 Å². The fraction of sp³-hybridized carbons (Fsp3) is 0.286. The van der Waals surface area contributed by atoms with E-state index in [2.05, 4.69) is 0 Å². The lowest BCUT2D eigenvalue weighted by Gasteiger charge is -2.08. The van der Waals surface area contributed by atoms with E-state index in [1.54, 1.807) is 25.1 Å². The quantitative estimate of drug-likeness (QED) is 0.854. The molecule has 0 aliphatic carbocycles. The van der Waals surface area contributed by atoms with Crippen molar-refractivity contribution in [3.63, 3.8) is 0 Å². The summed E-state index contributed by atoms with van der Waals surface area (Å²) in [5, 5.41) is 9.52. The highest BCUT2D eigenvalue weighted by molar-refractivity contribution is 5.83. The highest BCUT2D eigenvalue weighted by atomic mass is 16.5. The van der Waals surface area contributed by atoms with E-state index < -0.39 is 11.6 Å². The molecular weight excluding hydrogens is 248 g/mol. The van der Waals surface area contributed by atoms with E-state index in [9.17, 15) is 9.59 Å². The van der Waals surface area contributed by atoms with Crippen molar-refractivity contribution in [2.45, 2.75) is 20.3 Å². The second-order valence-corrected chi connectivity index (χ2v) is 4.15. The molecule has 0 bridgehead atoms. The summed E-state index contributed by atoms with van der Waals surface area (Å²) >= 11 is 0. The standard InChI is InChI=1S/C14H14O5/c1-3-18-9-4-5-10-8(2)11(7-13(15)16)14(17)19-12(10)6-9/h4-6H,3,7H2,1-2H3,(H,15,16). The maximum Gasteiger partial charge on any atom is 0.340 e. The number of carboxylic acid groups (broad SMARTS) is 1. The van der Waals surface area contributed by atoms with Crippen LogP contribution in [0.4, 0.5) is 0 Å². The largest absolute Gasteiger partial charge is 0.494 e. The van der Waals surface area contributed by atoms with Gasteiger partial charge in [-0.25, -0.2) is 4.79 Å². The zero-order valence-electron chi connectivity index (χ0n) is 10.7. The molecule has 0 aliphatic heterocycles. The summed E-state index contributed by atoms with van der Waals surface area (Å²) in [6.45, 7) is 4.10. The summed E-state index contributed by atoms with van der Waals surface area (Å²) in [6.07, 6.45) is -0.336. The van der Waals surface area contributed by atoms with Gasteiger partial charge in [-0.3, -0.25) is 4.79 Å². The van der Waals surface area contributed by atoms with Crippen LogP contribution in [0.2, 0.25) is 0 Å². The number of ether oxygens (including phenoxy) is 1. The third-order valence-electron chi connectivity index (χ3n) is 2.90. The summed E-state index contributed by atoms with van der Waals surface area (Å²) in [6, 6.07) is 5.17. The SMILES string of the molecule is CCOc1ccc2c(C)c(CC(=O)O)c(=O)oc2c1. The highest BCUT2D eigenvalue weighted by Gasteiger charge is 2.14. The van der Waals surface area contributed by atoms with E-state index in [-0.39, 0.29) is 12.0 Å². The molecule has 0 fully saturated rings. The second kappa shape index (κ2) is 5.14. The highest BCUT2D eigenvalue weighted by Crippen LogP contribution is 2.24. The van der Waals surface area contributed by atoms with Gasteiger partial charge in [0.05, 0.1) is 18.6 Å². The number of aryl methyl sites for hydroxylation is 1. The van der Waals surface area contributed by atoms with Crippen molar-refractivity contribution in [1.29, 1.82) is 0 Å². The van der Waals surface area contributed by atoms with Crippen molar-refractivity contribution in [3.05, 3.63) is 39.7 Å². The number of aliphatic carboxylic acids is 1. The molecule has 19 heavy (non-hydrogen) atoms. The average Bonchev–Trinajstić information content (AvgIpc) is 2.34. The van der Waals surface area contributed by atoms with Crippen LogP contribution in [0.5, 0.6) is 5.75 Å². The van der Waals surface area contributed by atoms with Gasteiger partial charge in [0.25, 0.3) is 0 Å². The first-order valence-corrected chi connectivity index (χ1v) is 5.94. The van der Waals surface area contributed by atoms with Crippen LogP contribution in [0.1, 0.15) is 18.1 Å². The van der Waals surface area contributed by atoms with Crippen LogP contribution in [0.3, 0.4) is 0 Å². The lowest BCUT2D eigenvalue weighted by molar-refractivity contribution is -0.136. The topological polar surface area (TPSA) is 76.7 Å². The third-order valence-corrected chi connectivity index (χ3v) is 2.90. The molecule has 0 amide bonds. The molecule has 0 aliphatic rings. The first-order valence-electron chi connectivity index (χ1n) is 5.94. The Morgan fingerprint density at radius 3 is 2.79 bits per heavy atom. The summed E-state index contributed by atoms with van der Waals surface area (Å²) in [5.41, 5.74) is 0.615. The van der Waals surface area contributed by atoms with Gasteiger partial charge in [0, 0.05) is 11.5 Å². The van der Waals surface area contributed by atoms with Crippen LogP contribution in [0.15, 0.2) is 27.4 Å². The maximum absolute atomic E-state index is 11.8. The molecule has 5 heteroatoms. The van der Waals surface area contributed by atoms with Gasteiger partial charge >= 0.3 is 11.6 Å². The van der Waals surface area contributed by atoms with Crippen molar-refractivity contribution in [2.75, 3.05) is 6.61 Å². The monoisotopic (exact) mass is 262 g/mol.